The molecule has 0 radical (unpaired) electrons. The van der Waals surface area contributed by atoms with E-state index in [1.54, 1.807) is 7.11 Å². The van der Waals surface area contributed by atoms with Gasteiger partial charge >= 0.3 is 0 Å². The fraction of sp³-hybridized carbons (Fsp3) is 0.917. The molecule has 0 saturated carbocycles. The highest BCUT2D eigenvalue weighted by atomic mass is 32.1. The Morgan fingerprint density at radius 3 is 3.12 bits per heavy atom. The van der Waals surface area contributed by atoms with Gasteiger partial charge in [-0.2, -0.15) is 0 Å². The van der Waals surface area contributed by atoms with E-state index in [2.05, 4.69) is 15.5 Å². The highest BCUT2D eigenvalue weighted by molar-refractivity contribution is 7.80. The quantitative estimate of drug-likeness (QED) is 0.561. The summed E-state index contributed by atoms with van der Waals surface area (Å²) in [6.45, 7) is 4.18. The van der Waals surface area contributed by atoms with Crippen LogP contribution in [0.4, 0.5) is 0 Å². The summed E-state index contributed by atoms with van der Waals surface area (Å²) in [6, 6.07) is 1.27. The Morgan fingerprint density at radius 2 is 2.29 bits per heavy atom. The Labute approximate surface area is 109 Å². The van der Waals surface area contributed by atoms with E-state index in [-0.39, 0.29) is 0 Å². The van der Waals surface area contributed by atoms with E-state index in [1.807, 2.05) is 0 Å². The molecule has 2 N–H and O–H groups in total. The molecule has 0 aromatic rings. The van der Waals surface area contributed by atoms with Crippen molar-refractivity contribution in [2.45, 2.75) is 37.8 Å². The van der Waals surface area contributed by atoms with Crippen LogP contribution in [0.15, 0.2) is 0 Å². The van der Waals surface area contributed by atoms with E-state index in [9.17, 15) is 0 Å². The lowest BCUT2D eigenvalue weighted by Crippen LogP contribution is -2.46. The second kappa shape index (κ2) is 6.52. The largest absolute Gasteiger partial charge is 0.385 e. The van der Waals surface area contributed by atoms with Gasteiger partial charge in [0.15, 0.2) is 5.11 Å². The zero-order valence-corrected chi connectivity index (χ0v) is 11.4. The van der Waals surface area contributed by atoms with Crippen LogP contribution >= 0.6 is 12.2 Å². The molecule has 0 amide bonds. The molecule has 2 atom stereocenters. The predicted molar refractivity (Wildman–Crippen MR) is 73.2 cm³/mol. The number of methoxy groups -OCH3 is 1. The zero-order valence-electron chi connectivity index (χ0n) is 10.6. The smallest absolute Gasteiger partial charge is 0.166 e. The lowest BCUT2D eigenvalue weighted by Gasteiger charge is -2.22. The molecule has 2 aliphatic rings. The molecule has 5 heteroatoms. The Hall–Kier alpha value is -0.390. The monoisotopic (exact) mass is 257 g/mol. The SMILES string of the molecule is COCCCNC(=S)NC1CCN2CCCC12. The van der Waals surface area contributed by atoms with Crippen molar-refractivity contribution in [3.8, 4) is 0 Å². The fourth-order valence-corrected chi connectivity index (χ4v) is 3.14. The molecule has 2 unspecified atom stereocenters. The van der Waals surface area contributed by atoms with Gasteiger partial charge in [0.25, 0.3) is 0 Å². The predicted octanol–water partition coefficient (Wildman–Crippen LogP) is 0.724. The summed E-state index contributed by atoms with van der Waals surface area (Å²) >= 11 is 5.32. The van der Waals surface area contributed by atoms with E-state index in [4.69, 9.17) is 17.0 Å². The molecule has 2 saturated heterocycles. The highest BCUT2D eigenvalue weighted by Gasteiger charge is 2.37. The molecule has 2 rings (SSSR count). The van der Waals surface area contributed by atoms with Gasteiger partial charge in [0.1, 0.15) is 0 Å². The molecule has 2 fully saturated rings. The summed E-state index contributed by atoms with van der Waals surface area (Å²) in [5.74, 6) is 0. The van der Waals surface area contributed by atoms with Crippen molar-refractivity contribution in [3.05, 3.63) is 0 Å². The minimum atomic E-state index is 0.555. The first-order chi connectivity index (χ1) is 8.31. The first-order valence-corrected chi connectivity index (χ1v) is 6.99. The van der Waals surface area contributed by atoms with Crippen LogP contribution in [-0.4, -0.2) is 55.4 Å². The molecule has 0 aromatic carbocycles. The minimum absolute atomic E-state index is 0.555. The lowest BCUT2D eigenvalue weighted by atomic mass is 10.1. The van der Waals surface area contributed by atoms with Crippen LogP contribution in [0, 0.1) is 0 Å². The summed E-state index contributed by atoms with van der Waals surface area (Å²) in [4.78, 5) is 2.59. The normalized spacial score (nSPS) is 28.1. The van der Waals surface area contributed by atoms with Crippen molar-refractivity contribution in [3.63, 3.8) is 0 Å². The van der Waals surface area contributed by atoms with Crippen molar-refractivity contribution in [1.29, 1.82) is 0 Å². The summed E-state index contributed by atoms with van der Waals surface area (Å²) in [5.41, 5.74) is 0. The number of thiocarbonyl (C=S) groups is 1. The molecule has 0 aromatic heterocycles. The minimum Gasteiger partial charge on any atom is -0.385 e. The van der Waals surface area contributed by atoms with Crippen molar-refractivity contribution < 1.29 is 4.74 Å². The first kappa shape index (κ1) is 13.1. The third kappa shape index (κ3) is 3.53. The summed E-state index contributed by atoms with van der Waals surface area (Å²) in [6.07, 6.45) is 4.89. The van der Waals surface area contributed by atoms with Gasteiger partial charge < -0.3 is 15.4 Å². The van der Waals surface area contributed by atoms with Gasteiger partial charge in [-0.25, -0.2) is 0 Å². The van der Waals surface area contributed by atoms with E-state index in [1.165, 1.54) is 32.4 Å². The number of rotatable bonds is 5. The van der Waals surface area contributed by atoms with Crippen LogP contribution in [-0.2, 0) is 4.74 Å². The number of nitrogens with zero attached hydrogens (tertiary/aromatic N) is 1. The number of ether oxygens (including phenoxy) is 1. The van der Waals surface area contributed by atoms with Gasteiger partial charge in [-0.05, 0) is 44.4 Å². The Bertz CT molecular complexity index is 262. The maximum Gasteiger partial charge on any atom is 0.166 e. The molecular formula is C12H23N3OS. The average molecular weight is 257 g/mol. The Kier molecular flexibility index (Phi) is 5.00. The number of nitrogens with one attached hydrogen (secondary N) is 2. The van der Waals surface area contributed by atoms with Gasteiger partial charge in [-0.1, -0.05) is 0 Å². The molecule has 4 nitrogen and oxygen atoms in total. The van der Waals surface area contributed by atoms with Crippen molar-refractivity contribution in [2.75, 3.05) is 33.4 Å². The van der Waals surface area contributed by atoms with Gasteiger partial charge in [0, 0.05) is 38.9 Å². The molecule has 0 aliphatic carbocycles. The summed E-state index contributed by atoms with van der Waals surface area (Å²) < 4.78 is 5.00. The maximum absolute atomic E-state index is 5.32. The van der Waals surface area contributed by atoms with Crippen molar-refractivity contribution >= 4 is 17.3 Å². The molecule has 98 valence electrons. The summed E-state index contributed by atoms with van der Waals surface area (Å²) in [5, 5.41) is 7.52. The second-order valence-corrected chi connectivity index (χ2v) is 5.30. The van der Waals surface area contributed by atoms with Crippen LogP contribution in [0.2, 0.25) is 0 Å². The standard InChI is InChI=1S/C12H23N3OS/c1-16-9-3-6-13-12(17)14-10-5-8-15-7-2-4-11(10)15/h10-11H,2-9H2,1H3,(H2,13,14,17). The molecule has 0 bridgehead atoms. The lowest BCUT2D eigenvalue weighted by molar-refractivity contribution is 0.195. The second-order valence-electron chi connectivity index (χ2n) is 4.89. The molecule has 2 aliphatic heterocycles. The molecule has 0 spiro atoms. The molecule has 17 heavy (non-hydrogen) atoms. The Balaban J connectivity index is 1.65. The number of hydrogen-bond acceptors (Lipinski definition) is 3. The number of hydrogen-bond donors (Lipinski definition) is 2. The van der Waals surface area contributed by atoms with E-state index in [0.717, 1.165) is 24.7 Å². The van der Waals surface area contributed by atoms with E-state index >= 15 is 0 Å². The van der Waals surface area contributed by atoms with Gasteiger partial charge in [0.2, 0.25) is 0 Å². The van der Waals surface area contributed by atoms with Gasteiger partial charge in [-0.15, -0.1) is 0 Å². The topological polar surface area (TPSA) is 36.5 Å². The Morgan fingerprint density at radius 1 is 1.41 bits per heavy atom. The van der Waals surface area contributed by atoms with Crippen LogP contribution in [0.5, 0.6) is 0 Å². The third-order valence-electron chi connectivity index (χ3n) is 3.73. The highest BCUT2D eigenvalue weighted by Crippen LogP contribution is 2.27. The average Bonchev–Trinajstić information content (AvgIpc) is 2.89. The van der Waals surface area contributed by atoms with Crippen molar-refractivity contribution in [1.82, 2.24) is 15.5 Å². The van der Waals surface area contributed by atoms with Crippen LogP contribution in [0.3, 0.4) is 0 Å². The molecular weight excluding hydrogens is 234 g/mol. The third-order valence-corrected chi connectivity index (χ3v) is 4.00. The van der Waals surface area contributed by atoms with Crippen LogP contribution in [0.25, 0.3) is 0 Å². The van der Waals surface area contributed by atoms with Crippen LogP contribution < -0.4 is 10.6 Å². The molecule has 2 heterocycles. The summed E-state index contributed by atoms with van der Waals surface area (Å²) in [7, 11) is 1.73. The first-order valence-electron chi connectivity index (χ1n) is 6.58. The maximum atomic E-state index is 5.32. The number of fused-ring (bicyclic) bond motifs is 1. The van der Waals surface area contributed by atoms with E-state index in [0.29, 0.717) is 12.1 Å². The fourth-order valence-electron chi connectivity index (χ4n) is 2.89. The zero-order chi connectivity index (χ0) is 12.1. The van der Waals surface area contributed by atoms with Gasteiger partial charge in [0.05, 0.1) is 0 Å². The van der Waals surface area contributed by atoms with E-state index < -0.39 is 0 Å². The van der Waals surface area contributed by atoms with Crippen molar-refractivity contribution in [2.24, 2.45) is 0 Å². The van der Waals surface area contributed by atoms with Crippen LogP contribution in [0.1, 0.15) is 25.7 Å². The van der Waals surface area contributed by atoms with Gasteiger partial charge in [-0.3, -0.25) is 4.90 Å².